The first-order valence-electron chi connectivity index (χ1n) is 7.73. The van der Waals surface area contributed by atoms with Crippen LogP contribution in [0.3, 0.4) is 0 Å². The van der Waals surface area contributed by atoms with Gasteiger partial charge in [0.15, 0.2) is 11.5 Å². The predicted octanol–water partition coefficient (Wildman–Crippen LogP) is 0.385. The van der Waals surface area contributed by atoms with Gasteiger partial charge in [0.2, 0.25) is 5.91 Å². The number of hydrogen-bond donors (Lipinski definition) is 2. The highest BCUT2D eigenvalue weighted by Crippen LogP contribution is 2.32. The molecule has 2 rings (SSSR count). The van der Waals surface area contributed by atoms with Gasteiger partial charge in [-0.2, -0.15) is 0 Å². The highest BCUT2D eigenvalue weighted by Gasteiger charge is 2.25. The van der Waals surface area contributed by atoms with Gasteiger partial charge in [-0.15, -0.1) is 0 Å². The molecule has 0 spiro atoms. The standard InChI is InChI=1S/C16H23N3O4/c1-22-13-6-2-5-12(15(13)23-10-3-7-17)16(21)19-9-4-8-18-14(20)11-19/h2,5-6H,3-4,7-11,17H2,1H3,(H,18,20). The number of para-hydroxylation sites is 1. The van der Waals surface area contributed by atoms with E-state index in [0.717, 1.165) is 6.42 Å². The van der Waals surface area contributed by atoms with Gasteiger partial charge in [-0.05, 0) is 31.5 Å². The number of nitrogens with one attached hydrogen (secondary N) is 1. The van der Waals surface area contributed by atoms with Crippen molar-refractivity contribution in [3.63, 3.8) is 0 Å². The predicted molar refractivity (Wildman–Crippen MR) is 85.7 cm³/mol. The fraction of sp³-hybridized carbons (Fsp3) is 0.500. The molecule has 1 aliphatic heterocycles. The molecular formula is C16H23N3O4. The van der Waals surface area contributed by atoms with E-state index in [1.54, 1.807) is 18.2 Å². The van der Waals surface area contributed by atoms with Gasteiger partial charge in [0.05, 0.1) is 25.8 Å². The Bertz CT molecular complexity index is 562. The van der Waals surface area contributed by atoms with Crippen LogP contribution < -0.4 is 20.5 Å². The first-order chi connectivity index (χ1) is 11.2. The fourth-order valence-corrected chi connectivity index (χ4v) is 2.40. The molecule has 7 nitrogen and oxygen atoms in total. The summed E-state index contributed by atoms with van der Waals surface area (Å²) in [7, 11) is 1.53. The largest absolute Gasteiger partial charge is 0.493 e. The van der Waals surface area contributed by atoms with Gasteiger partial charge in [0.25, 0.3) is 5.91 Å². The molecule has 0 unspecified atom stereocenters. The van der Waals surface area contributed by atoms with E-state index < -0.39 is 0 Å². The van der Waals surface area contributed by atoms with Crippen LogP contribution in [0.5, 0.6) is 11.5 Å². The molecule has 0 bridgehead atoms. The zero-order chi connectivity index (χ0) is 16.7. The second kappa shape index (κ2) is 8.38. The third-order valence-electron chi connectivity index (χ3n) is 3.57. The van der Waals surface area contributed by atoms with Crippen LogP contribution >= 0.6 is 0 Å². The van der Waals surface area contributed by atoms with Crippen molar-refractivity contribution in [2.75, 3.05) is 39.9 Å². The minimum atomic E-state index is -0.233. The zero-order valence-electron chi connectivity index (χ0n) is 13.3. The minimum Gasteiger partial charge on any atom is -0.493 e. The van der Waals surface area contributed by atoms with E-state index in [1.807, 2.05) is 0 Å². The van der Waals surface area contributed by atoms with Crippen LogP contribution in [0, 0.1) is 0 Å². The summed E-state index contributed by atoms with van der Waals surface area (Å²) < 4.78 is 11.0. The molecule has 1 aromatic rings. The molecule has 126 valence electrons. The van der Waals surface area contributed by atoms with E-state index in [4.69, 9.17) is 15.2 Å². The molecule has 0 saturated carbocycles. The van der Waals surface area contributed by atoms with Crippen LogP contribution in [0.25, 0.3) is 0 Å². The maximum Gasteiger partial charge on any atom is 0.258 e. The average molecular weight is 321 g/mol. The number of hydrogen-bond acceptors (Lipinski definition) is 5. The molecule has 1 fully saturated rings. The summed E-state index contributed by atoms with van der Waals surface area (Å²) in [6, 6.07) is 5.16. The van der Waals surface area contributed by atoms with Crippen LogP contribution in [0.4, 0.5) is 0 Å². The molecule has 1 heterocycles. The minimum absolute atomic E-state index is 0.0539. The molecule has 2 amide bonds. The molecule has 1 aliphatic rings. The zero-order valence-corrected chi connectivity index (χ0v) is 13.3. The fourth-order valence-electron chi connectivity index (χ4n) is 2.40. The van der Waals surface area contributed by atoms with Crippen molar-refractivity contribution in [3.05, 3.63) is 23.8 Å². The third kappa shape index (κ3) is 4.35. The van der Waals surface area contributed by atoms with Crippen LogP contribution in [-0.2, 0) is 4.79 Å². The van der Waals surface area contributed by atoms with Crippen molar-refractivity contribution in [2.45, 2.75) is 12.8 Å². The first kappa shape index (κ1) is 17.1. The Morgan fingerprint density at radius 3 is 3.00 bits per heavy atom. The van der Waals surface area contributed by atoms with Crippen molar-refractivity contribution in [3.8, 4) is 11.5 Å². The second-order valence-corrected chi connectivity index (χ2v) is 5.26. The smallest absolute Gasteiger partial charge is 0.258 e. The Morgan fingerprint density at radius 1 is 1.43 bits per heavy atom. The molecule has 23 heavy (non-hydrogen) atoms. The van der Waals surface area contributed by atoms with Crippen LogP contribution in [0.2, 0.25) is 0 Å². The summed E-state index contributed by atoms with van der Waals surface area (Å²) in [5.74, 6) is 0.512. The number of carbonyl (C=O) groups excluding carboxylic acids is 2. The molecule has 0 atom stereocenters. The van der Waals surface area contributed by atoms with Gasteiger partial charge in [0.1, 0.15) is 0 Å². The van der Waals surface area contributed by atoms with Crippen molar-refractivity contribution < 1.29 is 19.1 Å². The topological polar surface area (TPSA) is 93.9 Å². The Morgan fingerprint density at radius 2 is 2.26 bits per heavy atom. The summed E-state index contributed by atoms with van der Waals surface area (Å²) in [6.07, 6.45) is 1.41. The summed E-state index contributed by atoms with van der Waals surface area (Å²) in [5, 5.41) is 2.76. The molecule has 1 aromatic carbocycles. The molecule has 0 aliphatic carbocycles. The highest BCUT2D eigenvalue weighted by atomic mass is 16.5. The first-order valence-corrected chi connectivity index (χ1v) is 7.73. The van der Waals surface area contributed by atoms with Gasteiger partial charge in [-0.25, -0.2) is 0 Å². The number of ether oxygens (including phenoxy) is 2. The van der Waals surface area contributed by atoms with E-state index in [1.165, 1.54) is 12.0 Å². The molecule has 3 N–H and O–H groups in total. The van der Waals surface area contributed by atoms with E-state index in [-0.39, 0.29) is 18.4 Å². The number of rotatable bonds is 6. The monoisotopic (exact) mass is 321 g/mol. The lowest BCUT2D eigenvalue weighted by Crippen LogP contribution is -2.37. The van der Waals surface area contributed by atoms with Gasteiger partial charge >= 0.3 is 0 Å². The molecular weight excluding hydrogens is 298 g/mol. The number of nitrogens with zero attached hydrogens (tertiary/aromatic N) is 1. The van der Waals surface area contributed by atoms with Crippen LogP contribution in [0.1, 0.15) is 23.2 Å². The van der Waals surface area contributed by atoms with Crippen molar-refractivity contribution in [1.82, 2.24) is 10.2 Å². The third-order valence-corrected chi connectivity index (χ3v) is 3.57. The molecule has 0 aromatic heterocycles. The van der Waals surface area contributed by atoms with E-state index >= 15 is 0 Å². The van der Waals surface area contributed by atoms with Crippen LogP contribution in [0.15, 0.2) is 18.2 Å². The van der Waals surface area contributed by atoms with Gasteiger partial charge in [0, 0.05) is 13.1 Å². The van der Waals surface area contributed by atoms with Gasteiger partial charge in [-0.1, -0.05) is 6.07 Å². The highest BCUT2D eigenvalue weighted by molar-refractivity contribution is 5.99. The molecule has 0 radical (unpaired) electrons. The summed E-state index contributed by atoms with van der Waals surface area (Å²) >= 11 is 0. The van der Waals surface area contributed by atoms with E-state index in [2.05, 4.69) is 5.32 Å². The van der Waals surface area contributed by atoms with Crippen LogP contribution in [-0.4, -0.2) is 56.6 Å². The Kier molecular flexibility index (Phi) is 6.22. The number of amides is 2. The molecule has 1 saturated heterocycles. The summed E-state index contributed by atoms with van der Waals surface area (Å²) in [4.78, 5) is 26.0. The Labute approximate surface area is 135 Å². The number of methoxy groups -OCH3 is 1. The lowest BCUT2D eigenvalue weighted by Gasteiger charge is -2.21. The maximum absolute atomic E-state index is 12.8. The number of carbonyl (C=O) groups is 2. The second-order valence-electron chi connectivity index (χ2n) is 5.26. The van der Waals surface area contributed by atoms with Gasteiger partial charge in [-0.3, -0.25) is 9.59 Å². The number of nitrogens with two attached hydrogens (primary N) is 1. The Hall–Kier alpha value is -2.28. The number of benzene rings is 1. The Balaban J connectivity index is 2.25. The van der Waals surface area contributed by atoms with Crippen molar-refractivity contribution in [2.24, 2.45) is 5.73 Å². The van der Waals surface area contributed by atoms with Crippen molar-refractivity contribution in [1.29, 1.82) is 0 Å². The molecule has 7 heteroatoms. The quantitative estimate of drug-likeness (QED) is 0.739. The van der Waals surface area contributed by atoms with E-state index in [9.17, 15) is 9.59 Å². The van der Waals surface area contributed by atoms with Gasteiger partial charge < -0.3 is 25.4 Å². The van der Waals surface area contributed by atoms with E-state index in [0.29, 0.717) is 49.7 Å². The maximum atomic E-state index is 12.8. The summed E-state index contributed by atoms with van der Waals surface area (Å²) in [5.41, 5.74) is 5.88. The normalized spacial score (nSPS) is 14.9. The SMILES string of the molecule is COc1cccc(C(=O)N2CCCNC(=O)C2)c1OCCCN. The lowest BCUT2D eigenvalue weighted by atomic mass is 10.1. The lowest BCUT2D eigenvalue weighted by molar-refractivity contribution is -0.121. The van der Waals surface area contributed by atoms with Crippen molar-refractivity contribution >= 4 is 11.8 Å². The summed E-state index contributed by atoms with van der Waals surface area (Å²) in [6.45, 7) is 2.07. The average Bonchev–Trinajstić information content (AvgIpc) is 2.79.